The van der Waals surface area contributed by atoms with E-state index in [1.165, 1.54) is 103 Å². The molecular weight excluding hydrogens is 973 g/mol. The first-order chi connectivity index (χ1) is 37.6. The number of allylic oxidation sites excluding steroid dienone is 10. The first kappa shape index (κ1) is 71.4. The topological polar surface area (TPSA) is 175 Å². The van der Waals surface area contributed by atoms with E-state index in [0.717, 1.165) is 116 Å². The molecule has 6 atom stereocenters. The van der Waals surface area contributed by atoms with E-state index in [-0.39, 0.29) is 25.9 Å². The minimum atomic E-state index is -1.91. The van der Waals surface area contributed by atoms with Crippen LogP contribution in [0.25, 0.3) is 0 Å². The molecule has 0 spiro atoms. The van der Waals surface area contributed by atoms with Crippen molar-refractivity contribution < 1.29 is 58.2 Å². The number of carboxylic acids is 1. The third kappa shape index (κ3) is 43.0. The van der Waals surface area contributed by atoms with Gasteiger partial charge in [-0.05, 0) is 103 Å². The number of unbranched alkanes of at least 4 members (excludes halogenated alkanes) is 29. The summed E-state index contributed by atoms with van der Waals surface area (Å²) in [7, 11) is 0. The molecule has 1 saturated heterocycles. The quantitative estimate of drug-likeness (QED) is 0.0228. The van der Waals surface area contributed by atoms with Gasteiger partial charge in [0.15, 0.2) is 24.6 Å². The highest BCUT2D eigenvalue weighted by Crippen LogP contribution is 2.26. The number of aliphatic hydroxyl groups is 2. The van der Waals surface area contributed by atoms with Gasteiger partial charge in [0, 0.05) is 19.3 Å². The molecule has 0 bridgehead atoms. The van der Waals surface area contributed by atoms with E-state index in [0.29, 0.717) is 19.3 Å². The predicted molar refractivity (Wildman–Crippen MR) is 312 cm³/mol. The van der Waals surface area contributed by atoms with Crippen LogP contribution in [-0.4, -0.2) is 89.2 Å². The summed E-state index contributed by atoms with van der Waals surface area (Å²) in [6, 6.07) is 0. The largest absolute Gasteiger partial charge is 0.479 e. The smallest absolute Gasteiger partial charge is 0.335 e. The first-order valence-electron chi connectivity index (χ1n) is 31.3. The van der Waals surface area contributed by atoms with E-state index >= 15 is 0 Å². The van der Waals surface area contributed by atoms with Crippen molar-refractivity contribution >= 4 is 23.9 Å². The van der Waals surface area contributed by atoms with Gasteiger partial charge in [0.25, 0.3) is 0 Å². The number of aliphatic hydroxyl groups excluding tert-OH is 2. The molecule has 0 aromatic heterocycles. The second kappa shape index (κ2) is 53.1. The Balaban J connectivity index is 2.66. The SMILES string of the molecule is CCCC/C=C\CCCCCCCC(=O)OC1C(OCC(COC(=O)CCCCCCCCCCC/C=C\C/C=C\CCCCC)OC(=O)CCCCCCCCC/C=C\C/C=C\CCCCC)OC(C(=O)O)C(O)C1O. The number of hydrogen-bond donors (Lipinski definition) is 3. The maximum Gasteiger partial charge on any atom is 0.335 e. The maximum absolute atomic E-state index is 13.2. The van der Waals surface area contributed by atoms with Crippen LogP contribution >= 0.6 is 0 Å². The molecule has 0 amide bonds. The van der Waals surface area contributed by atoms with Crippen molar-refractivity contribution in [3.8, 4) is 0 Å². The Morgan fingerprint density at radius 1 is 0.429 bits per heavy atom. The summed E-state index contributed by atoms with van der Waals surface area (Å²) in [4.78, 5) is 51.2. The standard InChI is InChI=1S/C65H112O12/c1-4-7-10-13-16-19-22-24-26-28-29-31-32-34-37-39-42-45-48-51-57(66)73-54-56(75-58(67)52-49-46-43-41-38-35-33-30-27-25-23-20-17-14-11-8-5-2)55-74-65-63(61(70)60(69)62(77-65)64(71)72)76-59(68)53-50-47-44-40-36-21-18-15-12-9-6-3/h15-20,24-27,56,60-63,65,69-70H,4-14,21-23,28-55H2,1-3H3,(H,71,72)/b18-15-,19-16-,20-17-,26-24-,27-25-. The lowest BCUT2D eigenvalue weighted by Gasteiger charge is -2.40. The fourth-order valence-electron chi connectivity index (χ4n) is 9.17. The van der Waals surface area contributed by atoms with Crippen LogP contribution in [0.3, 0.4) is 0 Å². The molecule has 444 valence electrons. The average molecular weight is 1090 g/mol. The fourth-order valence-corrected chi connectivity index (χ4v) is 9.17. The number of ether oxygens (including phenoxy) is 5. The van der Waals surface area contributed by atoms with Gasteiger partial charge in [-0.1, -0.05) is 216 Å². The molecule has 1 heterocycles. The molecule has 3 N–H and O–H groups in total. The summed E-state index contributed by atoms with van der Waals surface area (Å²) in [5.74, 6) is -3.13. The molecule has 12 nitrogen and oxygen atoms in total. The predicted octanol–water partition coefficient (Wildman–Crippen LogP) is 16.3. The van der Waals surface area contributed by atoms with Crippen LogP contribution in [0.1, 0.15) is 278 Å². The van der Waals surface area contributed by atoms with Gasteiger partial charge >= 0.3 is 23.9 Å². The zero-order valence-corrected chi connectivity index (χ0v) is 49.0. The van der Waals surface area contributed by atoms with Crippen LogP contribution in [0.2, 0.25) is 0 Å². The van der Waals surface area contributed by atoms with Gasteiger partial charge in [-0.15, -0.1) is 0 Å². The number of aliphatic carboxylic acids is 1. The third-order valence-corrected chi connectivity index (χ3v) is 14.0. The highest BCUT2D eigenvalue weighted by atomic mass is 16.7. The Hall–Kier alpha value is -3.58. The zero-order chi connectivity index (χ0) is 56.1. The normalized spacial score (nSPS) is 18.4. The second-order valence-corrected chi connectivity index (χ2v) is 21.3. The molecule has 0 aliphatic carbocycles. The van der Waals surface area contributed by atoms with Gasteiger partial charge < -0.3 is 39.0 Å². The monoisotopic (exact) mass is 1080 g/mol. The van der Waals surface area contributed by atoms with Crippen molar-refractivity contribution in [2.24, 2.45) is 0 Å². The average Bonchev–Trinajstić information content (AvgIpc) is 3.42. The van der Waals surface area contributed by atoms with E-state index in [1.807, 2.05) is 0 Å². The van der Waals surface area contributed by atoms with Crippen LogP contribution < -0.4 is 0 Å². The van der Waals surface area contributed by atoms with Crippen LogP contribution in [0.15, 0.2) is 60.8 Å². The van der Waals surface area contributed by atoms with Gasteiger partial charge in [-0.3, -0.25) is 14.4 Å². The lowest BCUT2D eigenvalue weighted by Crippen LogP contribution is -2.61. The van der Waals surface area contributed by atoms with Crippen LogP contribution in [0.5, 0.6) is 0 Å². The van der Waals surface area contributed by atoms with Crippen LogP contribution in [0, 0.1) is 0 Å². The Bertz CT molecular complexity index is 1570. The summed E-state index contributed by atoms with van der Waals surface area (Å²) in [6.45, 7) is 5.90. The van der Waals surface area contributed by atoms with Crippen molar-refractivity contribution in [1.29, 1.82) is 0 Å². The van der Waals surface area contributed by atoms with Gasteiger partial charge in [0.2, 0.25) is 0 Å². The van der Waals surface area contributed by atoms with Crippen molar-refractivity contribution in [2.45, 2.75) is 314 Å². The molecule has 77 heavy (non-hydrogen) atoms. The van der Waals surface area contributed by atoms with E-state index in [1.54, 1.807) is 0 Å². The van der Waals surface area contributed by atoms with Gasteiger partial charge in [-0.2, -0.15) is 0 Å². The van der Waals surface area contributed by atoms with E-state index in [4.69, 9.17) is 23.7 Å². The molecule has 12 heteroatoms. The summed E-state index contributed by atoms with van der Waals surface area (Å²) >= 11 is 0. The number of carboxylic acid groups (broad SMARTS) is 1. The van der Waals surface area contributed by atoms with Crippen LogP contribution in [0.4, 0.5) is 0 Å². The Morgan fingerprint density at radius 3 is 1.22 bits per heavy atom. The molecular formula is C65H112O12. The number of rotatable bonds is 53. The summed E-state index contributed by atoms with van der Waals surface area (Å²) in [5.41, 5.74) is 0. The highest BCUT2D eigenvalue weighted by molar-refractivity contribution is 5.74. The maximum atomic E-state index is 13.2. The molecule has 1 rings (SSSR count). The Labute approximate surface area is 468 Å². The molecule has 0 radical (unpaired) electrons. The number of hydrogen-bond acceptors (Lipinski definition) is 11. The van der Waals surface area contributed by atoms with Gasteiger partial charge in [0.1, 0.15) is 18.8 Å². The molecule has 1 fully saturated rings. The third-order valence-electron chi connectivity index (χ3n) is 14.0. The van der Waals surface area contributed by atoms with E-state index in [9.17, 15) is 34.5 Å². The lowest BCUT2D eigenvalue weighted by molar-refractivity contribution is -0.301. The Morgan fingerprint density at radius 2 is 0.792 bits per heavy atom. The molecule has 0 aromatic rings. The van der Waals surface area contributed by atoms with Gasteiger partial charge in [-0.25, -0.2) is 4.79 Å². The molecule has 1 aliphatic heterocycles. The highest BCUT2D eigenvalue weighted by Gasteiger charge is 2.50. The first-order valence-corrected chi connectivity index (χ1v) is 31.3. The van der Waals surface area contributed by atoms with Crippen LogP contribution in [-0.2, 0) is 42.9 Å². The minimum Gasteiger partial charge on any atom is -0.479 e. The minimum absolute atomic E-state index is 0.0485. The van der Waals surface area contributed by atoms with Crippen molar-refractivity contribution in [3.63, 3.8) is 0 Å². The second-order valence-electron chi connectivity index (χ2n) is 21.3. The zero-order valence-electron chi connectivity index (χ0n) is 49.0. The van der Waals surface area contributed by atoms with Crippen molar-refractivity contribution in [2.75, 3.05) is 13.2 Å². The summed E-state index contributed by atoms with van der Waals surface area (Å²) in [6.07, 6.45) is 53.3. The molecule has 0 saturated carbocycles. The molecule has 6 unspecified atom stereocenters. The lowest BCUT2D eigenvalue weighted by atomic mass is 9.98. The van der Waals surface area contributed by atoms with E-state index in [2.05, 4.69) is 81.5 Å². The summed E-state index contributed by atoms with van der Waals surface area (Å²) in [5, 5.41) is 31.5. The summed E-state index contributed by atoms with van der Waals surface area (Å²) < 4.78 is 28.5. The number of carbonyl (C=O) groups is 4. The van der Waals surface area contributed by atoms with Crippen molar-refractivity contribution in [1.82, 2.24) is 0 Å². The Kier molecular flexibility index (Phi) is 49.2. The number of carbonyl (C=O) groups excluding carboxylic acids is 3. The van der Waals surface area contributed by atoms with Crippen molar-refractivity contribution in [3.05, 3.63) is 60.8 Å². The number of esters is 3. The molecule has 1 aliphatic rings. The van der Waals surface area contributed by atoms with Gasteiger partial charge in [0.05, 0.1) is 6.61 Å². The van der Waals surface area contributed by atoms with E-state index < -0.39 is 67.3 Å². The fraction of sp³-hybridized carbons (Fsp3) is 0.785. The molecule has 0 aromatic carbocycles.